The summed E-state index contributed by atoms with van der Waals surface area (Å²) in [6.45, 7) is 8.40. The third-order valence-corrected chi connectivity index (χ3v) is 4.88. The number of nitrogens with one attached hydrogen (secondary N) is 1. The minimum atomic E-state index is -1.07. The lowest BCUT2D eigenvalue weighted by molar-refractivity contribution is -0.138. The van der Waals surface area contributed by atoms with E-state index in [0.717, 1.165) is 5.69 Å². The van der Waals surface area contributed by atoms with Crippen LogP contribution in [0.1, 0.15) is 31.4 Å². The van der Waals surface area contributed by atoms with E-state index < -0.39 is 5.60 Å². The van der Waals surface area contributed by atoms with Crippen LogP contribution in [-0.4, -0.2) is 52.0 Å². The molecule has 1 saturated heterocycles. The number of carbonyl (C=O) groups excluding carboxylic acids is 2. The van der Waals surface area contributed by atoms with Gasteiger partial charge < -0.3 is 15.3 Å². The maximum atomic E-state index is 12.6. The molecule has 27 heavy (non-hydrogen) atoms. The summed E-state index contributed by atoms with van der Waals surface area (Å²) in [7, 11) is 0. The van der Waals surface area contributed by atoms with Crippen molar-refractivity contribution in [1.82, 2.24) is 15.2 Å². The predicted octanol–water partition coefficient (Wildman–Crippen LogP) is 1.86. The van der Waals surface area contributed by atoms with Gasteiger partial charge in [0.05, 0.1) is 11.5 Å². The largest absolute Gasteiger partial charge is 0.387 e. The molecule has 0 aliphatic carbocycles. The first kappa shape index (κ1) is 20.8. The molecule has 1 atom stereocenters. The Balaban J connectivity index is 1.88. The summed E-state index contributed by atoms with van der Waals surface area (Å²) in [6, 6.07) is 5.71. The second-order valence-electron chi connectivity index (χ2n) is 7.07. The highest BCUT2D eigenvalue weighted by Crippen LogP contribution is 2.20. The summed E-state index contributed by atoms with van der Waals surface area (Å²) >= 11 is 0. The van der Waals surface area contributed by atoms with Crippen molar-refractivity contribution in [1.29, 1.82) is 0 Å². The molecule has 6 heteroatoms. The van der Waals surface area contributed by atoms with Crippen LogP contribution in [0.3, 0.4) is 0 Å². The molecule has 1 aromatic rings. The van der Waals surface area contributed by atoms with E-state index in [1.807, 2.05) is 18.2 Å². The van der Waals surface area contributed by atoms with Gasteiger partial charge in [0, 0.05) is 44.4 Å². The van der Waals surface area contributed by atoms with E-state index in [0.29, 0.717) is 45.2 Å². The molecule has 0 bridgehead atoms. The summed E-state index contributed by atoms with van der Waals surface area (Å²) in [5.74, 6) is -0.315. The minimum Gasteiger partial charge on any atom is -0.387 e. The second kappa shape index (κ2) is 10.0. The summed E-state index contributed by atoms with van der Waals surface area (Å²) in [4.78, 5) is 30.7. The Morgan fingerprint density at radius 3 is 2.74 bits per heavy atom. The SMILES string of the molecule is C=CCC(O)(CC=C)CNC(=O)C1CCC(=O)N(CCc2ccccn2)C1. The van der Waals surface area contributed by atoms with E-state index in [4.69, 9.17) is 0 Å². The highest BCUT2D eigenvalue weighted by molar-refractivity contribution is 5.83. The van der Waals surface area contributed by atoms with Gasteiger partial charge in [-0.15, -0.1) is 13.2 Å². The number of piperidine rings is 1. The Morgan fingerprint density at radius 2 is 2.11 bits per heavy atom. The smallest absolute Gasteiger partial charge is 0.225 e. The first-order valence-corrected chi connectivity index (χ1v) is 9.37. The fourth-order valence-corrected chi connectivity index (χ4v) is 3.30. The van der Waals surface area contributed by atoms with Crippen LogP contribution in [0.4, 0.5) is 0 Å². The molecule has 0 aromatic carbocycles. The van der Waals surface area contributed by atoms with Crippen molar-refractivity contribution in [2.24, 2.45) is 5.92 Å². The maximum Gasteiger partial charge on any atom is 0.225 e. The van der Waals surface area contributed by atoms with Gasteiger partial charge in [-0.25, -0.2) is 0 Å². The van der Waals surface area contributed by atoms with Gasteiger partial charge in [-0.1, -0.05) is 18.2 Å². The van der Waals surface area contributed by atoms with E-state index in [1.54, 1.807) is 23.2 Å². The van der Waals surface area contributed by atoms with Gasteiger partial charge in [0.15, 0.2) is 0 Å². The quantitative estimate of drug-likeness (QED) is 0.615. The van der Waals surface area contributed by atoms with Gasteiger partial charge in [0.2, 0.25) is 11.8 Å². The first-order valence-electron chi connectivity index (χ1n) is 9.37. The van der Waals surface area contributed by atoms with Crippen LogP contribution in [0.25, 0.3) is 0 Å². The average molecular weight is 371 g/mol. The van der Waals surface area contributed by atoms with Crippen LogP contribution in [0.2, 0.25) is 0 Å². The molecule has 0 saturated carbocycles. The highest BCUT2D eigenvalue weighted by Gasteiger charge is 2.32. The zero-order valence-corrected chi connectivity index (χ0v) is 15.8. The molecule has 1 aliphatic heterocycles. The van der Waals surface area contributed by atoms with Crippen LogP contribution < -0.4 is 5.32 Å². The Bertz CT molecular complexity index is 650. The predicted molar refractivity (Wildman–Crippen MR) is 105 cm³/mol. The molecule has 1 fully saturated rings. The number of hydrogen-bond acceptors (Lipinski definition) is 4. The van der Waals surface area contributed by atoms with Gasteiger partial charge in [0.1, 0.15) is 0 Å². The fourth-order valence-electron chi connectivity index (χ4n) is 3.30. The lowest BCUT2D eigenvalue weighted by Crippen LogP contribution is -2.49. The van der Waals surface area contributed by atoms with E-state index in [1.165, 1.54) is 0 Å². The zero-order valence-electron chi connectivity index (χ0n) is 15.8. The van der Waals surface area contributed by atoms with Crippen molar-refractivity contribution >= 4 is 11.8 Å². The summed E-state index contributed by atoms with van der Waals surface area (Å²) in [6.07, 6.45) is 7.31. The molecule has 2 heterocycles. The number of carbonyl (C=O) groups is 2. The van der Waals surface area contributed by atoms with Crippen LogP contribution >= 0.6 is 0 Å². The van der Waals surface area contributed by atoms with Crippen molar-refractivity contribution in [3.8, 4) is 0 Å². The number of rotatable bonds is 10. The highest BCUT2D eigenvalue weighted by atomic mass is 16.3. The van der Waals surface area contributed by atoms with Gasteiger partial charge >= 0.3 is 0 Å². The molecule has 1 aliphatic rings. The number of nitrogens with zero attached hydrogens (tertiary/aromatic N) is 2. The molecule has 1 aromatic heterocycles. The molecule has 0 radical (unpaired) electrons. The van der Waals surface area contributed by atoms with Crippen LogP contribution in [0.15, 0.2) is 49.7 Å². The van der Waals surface area contributed by atoms with Gasteiger partial charge in [-0.3, -0.25) is 14.6 Å². The summed E-state index contributed by atoms with van der Waals surface area (Å²) in [5, 5.41) is 13.4. The topological polar surface area (TPSA) is 82.5 Å². The molecule has 1 unspecified atom stereocenters. The van der Waals surface area contributed by atoms with Crippen molar-refractivity contribution in [2.45, 2.75) is 37.7 Å². The van der Waals surface area contributed by atoms with Crippen LogP contribution in [-0.2, 0) is 16.0 Å². The molecular weight excluding hydrogens is 342 g/mol. The molecule has 0 spiro atoms. The van der Waals surface area contributed by atoms with E-state index in [-0.39, 0.29) is 24.3 Å². The Kier molecular flexibility index (Phi) is 7.73. The fraction of sp³-hybridized carbons (Fsp3) is 0.476. The van der Waals surface area contributed by atoms with Crippen LogP contribution in [0.5, 0.6) is 0 Å². The summed E-state index contributed by atoms with van der Waals surface area (Å²) < 4.78 is 0. The number of hydrogen-bond donors (Lipinski definition) is 2. The zero-order chi connectivity index (χ0) is 19.7. The molecular formula is C21H29N3O3. The van der Waals surface area contributed by atoms with E-state index in [2.05, 4.69) is 23.5 Å². The van der Waals surface area contributed by atoms with Gasteiger partial charge in [-0.2, -0.15) is 0 Å². The molecule has 2 amide bonds. The Morgan fingerprint density at radius 1 is 1.37 bits per heavy atom. The third kappa shape index (κ3) is 6.32. The summed E-state index contributed by atoms with van der Waals surface area (Å²) in [5.41, 5.74) is -0.140. The van der Waals surface area contributed by atoms with Crippen LogP contribution in [0, 0.1) is 5.92 Å². The minimum absolute atomic E-state index is 0.0739. The number of aromatic nitrogens is 1. The lowest BCUT2D eigenvalue weighted by Gasteiger charge is -2.33. The number of likely N-dealkylation sites (tertiary alicyclic amines) is 1. The van der Waals surface area contributed by atoms with Crippen molar-refractivity contribution in [3.63, 3.8) is 0 Å². The van der Waals surface area contributed by atoms with Crippen molar-refractivity contribution < 1.29 is 14.7 Å². The van der Waals surface area contributed by atoms with E-state index in [9.17, 15) is 14.7 Å². The average Bonchev–Trinajstić information content (AvgIpc) is 2.67. The standard InChI is InChI=1S/C21H29N3O3/c1-3-11-21(27,12-4-2)16-23-20(26)17-8-9-19(25)24(15-17)14-10-18-7-5-6-13-22-18/h3-7,13,17,27H,1-2,8-12,14-16H2,(H,23,26). The number of amides is 2. The first-order chi connectivity index (χ1) is 13.0. The Hall–Kier alpha value is -2.47. The molecule has 2 N–H and O–H groups in total. The number of pyridine rings is 1. The number of aliphatic hydroxyl groups is 1. The molecule has 146 valence electrons. The third-order valence-electron chi connectivity index (χ3n) is 4.88. The second-order valence-corrected chi connectivity index (χ2v) is 7.07. The van der Waals surface area contributed by atoms with E-state index >= 15 is 0 Å². The van der Waals surface area contributed by atoms with Crippen molar-refractivity contribution in [2.75, 3.05) is 19.6 Å². The van der Waals surface area contributed by atoms with Gasteiger partial charge in [0.25, 0.3) is 0 Å². The molecule has 6 nitrogen and oxygen atoms in total. The molecule has 2 rings (SSSR count). The normalized spacial score (nSPS) is 17.4. The lowest BCUT2D eigenvalue weighted by atomic mass is 9.93. The van der Waals surface area contributed by atoms with Gasteiger partial charge in [-0.05, 0) is 31.4 Å². The monoisotopic (exact) mass is 371 g/mol. The van der Waals surface area contributed by atoms with Crippen molar-refractivity contribution in [3.05, 3.63) is 55.4 Å². The maximum absolute atomic E-state index is 12.6. The Labute approximate surface area is 161 Å².